The van der Waals surface area contributed by atoms with Gasteiger partial charge in [-0.2, -0.15) is 0 Å². The summed E-state index contributed by atoms with van der Waals surface area (Å²) in [6.07, 6.45) is 7.35. The molecule has 0 rings (SSSR count). The van der Waals surface area contributed by atoms with Crippen molar-refractivity contribution in [1.82, 2.24) is 0 Å². The zero-order chi connectivity index (χ0) is 11.4. The molecule has 0 spiro atoms. The third-order valence-corrected chi connectivity index (χ3v) is 1.73. The fourth-order valence-corrected chi connectivity index (χ4v) is 1.04. The maximum Gasteiger partial charge on any atom is 0.300 e. The van der Waals surface area contributed by atoms with Crippen LogP contribution in [0.25, 0.3) is 0 Å². The summed E-state index contributed by atoms with van der Waals surface area (Å²) in [4.78, 5) is 9.00. The molecule has 0 unspecified atom stereocenters. The molecule has 0 saturated heterocycles. The van der Waals surface area contributed by atoms with E-state index in [0.717, 1.165) is 13.3 Å². The van der Waals surface area contributed by atoms with Gasteiger partial charge in [0.1, 0.15) is 0 Å². The molecule has 0 aliphatic carbocycles. The van der Waals surface area contributed by atoms with Gasteiger partial charge in [-0.15, -0.1) is 0 Å². The molecule has 0 radical (unpaired) electrons. The smallest absolute Gasteiger partial charge is 0.300 e. The van der Waals surface area contributed by atoms with Gasteiger partial charge in [0.05, 0.1) is 6.10 Å². The van der Waals surface area contributed by atoms with Crippen LogP contribution in [-0.4, -0.2) is 22.3 Å². The second kappa shape index (κ2) is 12.4. The Kier molecular flexibility index (Phi) is 14.1. The highest BCUT2D eigenvalue weighted by atomic mass is 16.4. The van der Waals surface area contributed by atoms with Crippen LogP contribution in [0.5, 0.6) is 0 Å². The minimum absolute atomic E-state index is 0.0957. The first-order valence-electron chi connectivity index (χ1n) is 5.38. The number of hydrogen-bond acceptors (Lipinski definition) is 2. The summed E-state index contributed by atoms with van der Waals surface area (Å²) in [6, 6.07) is 0. The second-order valence-electron chi connectivity index (χ2n) is 3.57. The standard InChI is InChI=1S/C9H20O.C2H4O2/c1-3-4-5-6-7-8-9(2)10;1-2(3)4/h9-10H,3-8H2,1-2H3;1H3,(H,3,4)/t9-;/m1./s1. The number of carbonyl (C=O) groups is 1. The van der Waals surface area contributed by atoms with Gasteiger partial charge < -0.3 is 10.2 Å². The third kappa shape index (κ3) is 30.1. The summed E-state index contributed by atoms with van der Waals surface area (Å²) in [5.41, 5.74) is 0. The molecule has 0 bridgehead atoms. The number of carboxylic acids is 1. The molecule has 1 atom stereocenters. The molecule has 0 heterocycles. The number of unbranched alkanes of at least 4 members (excludes halogenated alkanes) is 4. The van der Waals surface area contributed by atoms with E-state index in [9.17, 15) is 0 Å². The van der Waals surface area contributed by atoms with Crippen molar-refractivity contribution in [3.63, 3.8) is 0 Å². The van der Waals surface area contributed by atoms with Crippen LogP contribution in [0.15, 0.2) is 0 Å². The minimum atomic E-state index is -0.833. The molecule has 0 saturated carbocycles. The minimum Gasteiger partial charge on any atom is -0.481 e. The van der Waals surface area contributed by atoms with Crippen molar-refractivity contribution >= 4 is 5.97 Å². The largest absolute Gasteiger partial charge is 0.481 e. The quantitative estimate of drug-likeness (QED) is 0.654. The fraction of sp³-hybridized carbons (Fsp3) is 0.909. The Hall–Kier alpha value is -0.570. The molecular formula is C11H24O3. The van der Waals surface area contributed by atoms with E-state index in [-0.39, 0.29) is 6.10 Å². The summed E-state index contributed by atoms with van der Waals surface area (Å²) in [6.45, 7) is 5.16. The van der Waals surface area contributed by atoms with Crippen molar-refractivity contribution in [2.45, 2.75) is 65.4 Å². The van der Waals surface area contributed by atoms with E-state index >= 15 is 0 Å². The van der Waals surface area contributed by atoms with E-state index in [1.54, 1.807) is 0 Å². The first kappa shape index (κ1) is 15.9. The SMILES string of the molecule is CC(=O)O.CCCCCCC[C@@H](C)O. The summed E-state index contributed by atoms with van der Waals surface area (Å²) in [5, 5.41) is 16.3. The normalized spacial score (nSPS) is 11.4. The van der Waals surface area contributed by atoms with Gasteiger partial charge in [-0.3, -0.25) is 4.79 Å². The molecule has 14 heavy (non-hydrogen) atoms. The van der Waals surface area contributed by atoms with Crippen molar-refractivity contribution in [3.05, 3.63) is 0 Å². The lowest BCUT2D eigenvalue weighted by Crippen LogP contribution is -1.97. The number of carboxylic acid groups (broad SMARTS) is 1. The predicted molar refractivity (Wildman–Crippen MR) is 58.4 cm³/mol. The lowest BCUT2D eigenvalue weighted by atomic mass is 10.1. The van der Waals surface area contributed by atoms with Crippen LogP contribution in [-0.2, 0) is 4.79 Å². The molecule has 0 aliphatic rings. The summed E-state index contributed by atoms with van der Waals surface area (Å²) >= 11 is 0. The number of aliphatic carboxylic acids is 1. The Balaban J connectivity index is 0. The lowest BCUT2D eigenvalue weighted by molar-refractivity contribution is -0.134. The van der Waals surface area contributed by atoms with Crippen molar-refractivity contribution in [1.29, 1.82) is 0 Å². The molecule has 0 aromatic carbocycles. The monoisotopic (exact) mass is 204 g/mol. The summed E-state index contributed by atoms with van der Waals surface area (Å²) in [7, 11) is 0. The molecule has 3 nitrogen and oxygen atoms in total. The van der Waals surface area contributed by atoms with Gasteiger partial charge >= 0.3 is 0 Å². The lowest BCUT2D eigenvalue weighted by Gasteiger charge is -2.02. The molecule has 0 aromatic rings. The highest BCUT2D eigenvalue weighted by Gasteiger charge is 1.94. The maximum absolute atomic E-state index is 9.00. The van der Waals surface area contributed by atoms with Crippen molar-refractivity contribution in [2.24, 2.45) is 0 Å². The highest BCUT2D eigenvalue weighted by molar-refractivity contribution is 5.62. The number of aliphatic hydroxyl groups is 1. The van der Waals surface area contributed by atoms with Crippen LogP contribution >= 0.6 is 0 Å². The van der Waals surface area contributed by atoms with E-state index in [2.05, 4.69) is 6.92 Å². The molecule has 0 aromatic heterocycles. The molecule has 86 valence electrons. The van der Waals surface area contributed by atoms with Crippen LogP contribution in [0.2, 0.25) is 0 Å². The molecule has 2 N–H and O–H groups in total. The number of rotatable bonds is 6. The Morgan fingerprint density at radius 1 is 1.21 bits per heavy atom. The van der Waals surface area contributed by atoms with Gasteiger partial charge in [0.2, 0.25) is 0 Å². The van der Waals surface area contributed by atoms with Crippen LogP contribution in [0.3, 0.4) is 0 Å². The van der Waals surface area contributed by atoms with Gasteiger partial charge in [0.25, 0.3) is 5.97 Å². The Bertz CT molecular complexity index is 118. The van der Waals surface area contributed by atoms with E-state index < -0.39 is 5.97 Å². The van der Waals surface area contributed by atoms with Gasteiger partial charge in [-0.05, 0) is 13.3 Å². The second-order valence-corrected chi connectivity index (χ2v) is 3.57. The molecule has 0 fully saturated rings. The third-order valence-electron chi connectivity index (χ3n) is 1.73. The van der Waals surface area contributed by atoms with Crippen LogP contribution < -0.4 is 0 Å². The van der Waals surface area contributed by atoms with Crippen LogP contribution in [0, 0.1) is 0 Å². The average molecular weight is 204 g/mol. The van der Waals surface area contributed by atoms with Crippen molar-refractivity contribution in [3.8, 4) is 0 Å². The van der Waals surface area contributed by atoms with E-state index in [0.29, 0.717) is 0 Å². The fourth-order valence-electron chi connectivity index (χ4n) is 1.04. The molecule has 3 heteroatoms. The highest BCUT2D eigenvalue weighted by Crippen LogP contribution is 2.06. The zero-order valence-corrected chi connectivity index (χ0v) is 9.62. The van der Waals surface area contributed by atoms with E-state index in [4.69, 9.17) is 15.0 Å². The first-order chi connectivity index (χ1) is 6.50. The number of hydrogen-bond donors (Lipinski definition) is 2. The van der Waals surface area contributed by atoms with Crippen molar-refractivity contribution < 1.29 is 15.0 Å². The zero-order valence-electron chi connectivity index (χ0n) is 9.62. The Labute approximate surface area is 87.1 Å². The Morgan fingerprint density at radius 2 is 1.64 bits per heavy atom. The van der Waals surface area contributed by atoms with Gasteiger partial charge in [-0.25, -0.2) is 0 Å². The van der Waals surface area contributed by atoms with Crippen LogP contribution in [0.4, 0.5) is 0 Å². The predicted octanol–water partition coefficient (Wildman–Crippen LogP) is 2.82. The molecular weight excluding hydrogens is 180 g/mol. The van der Waals surface area contributed by atoms with Gasteiger partial charge in [0, 0.05) is 6.92 Å². The topological polar surface area (TPSA) is 57.5 Å². The van der Waals surface area contributed by atoms with Gasteiger partial charge in [-0.1, -0.05) is 39.0 Å². The van der Waals surface area contributed by atoms with Gasteiger partial charge in [0.15, 0.2) is 0 Å². The van der Waals surface area contributed by atoms with E-state index in [1.807, 2.05) is 6.92 Å². The average Bonchev–Trinajstić information content (AvgIpc) is 2.02. The maximum atomic E-state index is 9.00. The molecule has 0 amide bonds. The first-order valence-corrected chi connectivity index (χ1v) is 5.38. The molecule has 0 aliphatic heterocycles. The van der Waals surface area contributed by atoms with E-state index in [1.165, 1.54) is 32.1 Å². The van der Waals surface area contributed by atoms with Crippen LogP contribution in [0.1, 0.15) is 59.3 Å². The van der Waals surface area contributed by atoms with Crippen molar-refractivity contribution in [2.75, 3.05) is 0 Å². The summed E-state index contributed by atoms with van der Waals surface area (Å²) < 4.78 is 0. The number of aliphatic hydroxyl groups excluding tert-OH is 1. The Morgan fingerprint density at radius 3 is 2.00 bits per heavy atom. The summed E-state index contributed by atoms with van der Waals surface area (Å²) in [5.74, 6) is -0.833.